The van der Waals surface area contributed by atoms with Crippen molar-refractivity contribution in [3.05, 3.63) is 59.0 Å². The van der Waals surface area contributed by atoms with E-state index in [-0.39, 0.29) is 23.4 Å². The summed E-state index contributed by atoms with van der Waals surface area (Å²) in [5.41, 5.74) is 4.70. The number of ether oxygens (including phenoxy) is 1. The molecule has 0 amide bonds. The van der Waals surface area contributed by atoms with E-state index in [2.05, 4.69) is 26.7 Å². The number of thioether (sulfide) groups is 1. The van der Waals surface area contributed by atoms with Crippen LogP contribution in [0.3, 0.4) is 0 Å². The molecule has 4 rings (SSSR count). The third kappa shape index (κ3) is 4.52. The number of ketones is 2. The zero-order chi connectivity index (χ0) is 22.0. The van der Waals surface area contributed by atoms with Crippen LogP contribution in [-0.4, -0.2) is 44.6 Å². The largest absolute Gasteiger partial charge is 0.376 e. The molecule has 0 spiro atoms. The van der Waals surface area contributed by atoms with E-state index < -0.39 is 0 Å². The number of rotatable bonds is 8. The minimum atomic E-state index is -0.0361. The molecule has 1 atom stereocenters. The summed E-state index contributed by atoms with van der Waals surface area (Å²) in [4.78, 5) is 32.6. The van der Waals surface area contributed by atoms with Crippen molar-refractivity contribution in [3.63, 3.8) is 0 Å². The number of hydrogen-bond donors (Lipinski definition) is 1. The molecule has 6 nitrogen and oxygen atoms in total. The molecule has 1 aliphatic heterocycles. The van der Waals surface area contributed by atoms with Crippen molar-refractivity contribution in [3.8, 4) is 11.3 Å². The number of imidazole rings is 1. The van der Waals surface area contributed by atoms with Gasteiger partial charge in [0.05, 0.1) is 36.0 Å². The Balaban J connectivity index is 1.57. The summed E-state index contributed by atoms with van der Waals surface area (Å²) < 4.78 is 8.02. The Bertz CT molecular complexity index is 1090. The van der Waals surface area contributed by atoms with Crippen LogP contribution in [0.2, 0.25) is 0 Å². The number of hydrogen-bond acceptors (Lipinski definition) is 5. The first kappa shape index (κ1) is 21.6. The van der Waals surface area contributed by atoms with Gasteiger partial charge in [0, 0.05) is 17.9 Å². The van der Waals surface area contributed by atoms with Gasteiger partial charge in [0.15, 0.2) is 16.7 Å². The van der Waals surface area contributed by atoms with Crippen molar-refractivity contribution in [2.45, 2.75) is 51.4 Å². The lowest BCUT2D eigenvalue weighted by atomic mass is 10.1. The molecule has 1 aromatic carbocycles. The maximum Gasteiger partial charge on any atom is 0.189 e. The van der Waals surface area contributed by atoms with Crippen LogP contribution in [0.25, 0.3) is 11.3 Å². The third-order valence-corrected chi connectivity index (χ3v) is 6.69. The van der Waals surface area contributed by atoms with Crippen molar-refractivity contribution in [1.29, 1.82) is 0 Å². The van der Waals surface area contributed by atoms with Gasteiger partial charge in [0.1, 0.15) is 0 Å². The number of aryl methyl sites for hydroxylation is 1. The molecule has 162 valence electrons. The monoisotopic (exact) mass is 437 g/mol. The Labute approximate surface area is 186 Å². The van der Waals surface area contributed by atoms with Gasteiger partial charge < -0.3 is 14.3 Å². The van der Waals surface area contributed by atoms with Crippen molar-refractivity contribution in [1.82, 2.24) is 14.5 Å². The van der Waals surface area contributed by atoms with Gasteiger partial charge in [-0.05, 0) is 44.7 Å². The zero-order valence-electron chi connectivity index (χ0n) is 18.1. The van der Waals surface area contributed by atoms with Crippen molar-refractivity contribution in [2.75, 3.05) is 12.4 Å². The fourth-order valence-corrected chi connectivity index (χ4v) is 5.10. The van der Waals surface area contributed by atoms with Crippen molar-refractivity contribution >= 4 is 23.3 Å². The Kier molecular flexibility index (Phi) is 6.43. The van der Waals surface area contributed by atoms with Gasteiger partial charge in [0.25, 0.3) is 0 Å². The number of Topliss-reactive ketones (excluding diaryl/α,β-unsaturated/α-hetero) is 2. The van der Waals surface area contributed by atoms with Crippen molar-refractivity contribution in [2.24, 2.45) is 0 Å². The predicted molar refractivity (Wildman–Crippen MR) is 122 cm³/mol. The van der Waals surface area contributed by atoms with Gasteiger partial charge in [-0.2, -0.15) is 0 Å². The van der Waals surface area contributed by atoms with Gasteiger partial charge in [-0.1, -0.05) is 42.1 Å². The highest BCUT2D eigenvalue weighted by atomic mass is 32.2. The lowest BCUT2D eigenvalue weighted by Crippen LogP contribution is -2.17. The maximum absolute atomic E-state index is 12.9. The van der Waals surface area contributed by atoms with E-state index in [1.807, 2.05) is 38.2 Å². The molecular formula is C24H27N3O3S. The smallest absolute Gasteiger partial charge is 0.189 e. The van der Waals surface area contributed by atoms with Crippen LogP contribution in [-0.2, 0) is 11.3 Å². The Morgan fingerprint density at radius 2 is 2.03 bits per heavy atom. The molecule has 3 heterocycles. The summed E-state index contributed by atoms with van der Waals surface area (Å²) in [7, 11) is 0. The number of carbonyl (C=O) groups is 2. The molecule has 2 aromatic heterocycles. The lowest BCUT2D eigenvalue weighted by molar-refractivity contribution is 0.0953. The molecule has 0 bridgehead atoms. The molecular weight excluding hydrogens is 410 g/mol. The number of nitrogens with zero attached hydrogens (tertiary/aromatic N) is 2. The molecule has 0 radical (unpaired) electrons. The van der Waals surface area contributed by atoms with E-state index in [0.717, 1.165) is 53.7 Å². The number of aromatic nitrogens is 3. The van der Waals surface area contributed by atoms with Crippen LogP contribution in [0.4, 0.5) is 0 Å². The second kappa shape index (κ2) is 9.24. The number of benzene rings is 1. The number of aromatic amines is 1. The van der Waals surface area contributed by atoms with Gasteiger partial charge >= 0.3 is 0 Å². The van der Waals surface area contributed by atoms with E-state index >= 15 is 0 Å². The zero-order valence-corrected chi connectivity index (χ0v) is 18.9. The highest BCUT2D eigenvalue weighted by Gasteiger charge is 2.23. The highest BCUT2D eigenvalue weighted by Crippen LogP contribution is 2.29. The Morgan fingerprint density at radius 1 is 1.26 bits per heavy atom. The highest BCUT2D eigenvalue weighted by molar-refractivity contribution is 7.99. The van der Waals surface area contributed by atoms with Crippen LogP contribution in [0.1, 0.15) is 51.9 Å². The van der Waals surface area contributed by atoms with E-state index in [9.17, 15) is 9.59 Å². The maximum atomic E-state index is 12.9. The van der Waals surface area contributed by atoms with Gasteiger partial charge in [-0.3, -0.25) is 9.59 Å². The Morgan fingerprint density at radius 3 is 2.68 bits per heavy atom. The van der Waals surface area contributed by atoms with Crippen LogP contribution >= 0.6 is 11.8 Å². The summed E-state index contributed by atoms with van der Waals surface area (Å²) in [6.45, 7) is 6.69. The fourth-order valence-electron chi connectivity index (χ4n) is 4.24. The number of H-pyrrole nitrogens is 1. The van der Waals surface area contributed by atoms with Crippen LogP contribution < -0.4 is 0 Å². The number of nitrogens with one attached hydrogen (secondary N) is 1. The van der Waals surface area contributed by atoms with Gasteiger partial charge in [0.2, 0.25) is 0 Å². The molecule has 7 heteroatoms. The first-order valence-corrected chi connectivity index (χ1v) is 11.5. The minimum Gasteiger partial charge on any atom is -0.376 e. The van der Waals surface area contributed by atoms with Gasteiger partial charge in [-0.25, -0.2) is 4.98 Å². The minimum absolute atomic E-state index is 0.0300. The third-order valence-electron chi connectivity index (χ3n) is 5.70. The number of carbonyl (C=O) groups excluding carboxylic acids is 2. The Hall–Kier alpha value is -2.64. The lowest BCUT2D eigenvalue weighted by Gasteiger charge is -2.16. The van der Waals surface area contributed by atoms with E-state index in [0.29, 0.717) is 11.3 Å². The standard InChI is InChI=1S/C24H27N3O3S/c1-15-22(17(3)28)16(2)26-23(15)21(29)14-31-24-25-12-20(18-8-5-4-6-9-18)27(24)13-19-10-7-11-30-19/h4-6,8-9,12,19,26H,7,10-11,13-14H2,1-3H3/t19-/m1/s1. The molecule has 1 fully saturated rings. The second-order valence-electron chi connectivity index (χ2n) is 7.93. The molecule has 1 saturated heterocycles. The van der Waals surface area contributed by atoms with Crippen LogP contribution in [0.15, 0.2) is 41.7 Å². The molecule has 31 heavy (non-hydrogen) atoms. The van der Waals surface area contributed by atoms with Crippen molar-refractivity contribution < 1.29 is 14.3 Å². The summed E-state index contributed by atoms with van der Waals surface area (Å²) in [6, 6.07) is 10.2. The molecule has 3 aromatic rings. The van der Waals surface area contributed by atoms with E-state index in [1.165, 1.54) is 18.7 Å². The van der Waals surface area contributed by atoms with E-state index in [1.54, 1.807) is 0 Å². The first-order valence-electron chi connectivity index (χ1n) is 10.5. The molecule has 0 aliphatic carbocycles. The molecule has 1 aliphatic rings. The molecule has 0 saturated carbocycles. The second-order valence-corrected chi connectivity index (χ2v) is 8.87. The summed E-state index contributed by atoms with van der Waals surface area (Å²) in [6.07, 6.45) is 4.14. The molecule has 0 unspecified atom stereocenters. The predicted octanol–water partition coefficient (Wildman–Crippen LogP) is 4.85. The average molecular weight is 438 g/mol. The first-order chi connectivity index (χ1) is 15.0. The van der Waals surface area contributed by atoms with Crippen LogP contribution in [0, 0.1) is 13.8 Å². The SMILES string of the molecule is CC(=O)c1c(C)[nH]c(C(=O)CSc2ncc(-c3ccccc3)n2C[C@H]2CCCO2)c1C. The fraction of sp³-hybridized carbons (Fsp3) is 0.375. The van der Waals surface area contributed by atoms with Gasteiger partial charge in [-0.15, -0.1) is 0 Å². The summed E-state index contributed by atoms with van der Waals surface area (Å²) in [5, 5.41) is 0.801. The molecule has 1 N–H and O–H groups in total. The topological polar surface area (TPSA) is 77.0 Å². The van der Waals surface area contributed by atoms with Crippen LogP contribution in [0.5, 0.6) is 0 Å². The average Bonchev–Trinajstić information content (AvgIpc) is 3.47. The summed E-state index contributed by atoms with van der Waals surface area (Å²) in [5.74, 6) is 0.179. The van der Waals surface area contributed by atoms with E-state index in [4.69, 9.17) is 4.74 Å². The quantitative estimate of drug-likeness (QED) is 0.403. The normalized spacial score (nSPS) is 16.0. The summed E-state index contributed by atoms with van der Waals surface area (Å²) >= 11 is 1.42.